The lowest BCUT2D eigenvalue weighted by Crippen LogP contribution is -2.15. The lowest BCUT2D eigenvalue weighted by molar-refractivity contribution is 0.603. The van der Waals surface area contributed by atoms with Gasteiger partial charge in [0.1, 0.15) is 11.6 Å². The third-order valence-corrected chi connectivity index (χ3v) is 5.43. The molecular formula is C23H14ClF2N3O. The van der Waals surface area contributed by atoms with Gasteiger partial charge < -0.3 is 4.57 Å². The van der Waals surface area contributed by atoms with Crippen LogP contribution in [-0.4, -0.2) is 14.0 Å². The van der Waals surface area contributed by atoms with Gasteiger partial charge in [-0.2, -0.15) is 0 Å². The number of rotatable bonds is 3. The summed E-state index contributed by atoms with van der Waals surface area (Å²) >= 11 is 6.24. The van der Waals surface area contributed by atoms with E-state index in [0.29, 0.717) is 33.1 Å². The maximum absolute atomic E-state index is 14.5. The molecule has 0 radical (unpaired) electrons. The van der Waals surface area contributed by atoms with Crippen LogP contribution in [0.3, 0.4) is 0 Å². The summed E-state index contributed by atoms with van der Waals surface area (Å²) in [5.41, 5.74) is 2.42. The first-order chi connectivity index (χ1) is 14.5. The molecule has 7 heteroatoms. The van der Waals surface area contributed by atoms with E-state index in [2.05, 4.69) is 4.98 Å². The van der Waals surface area contributed by atoms with Crippen LogP contribution in [0, 0.1) is 11.6 Å². The van der Waals surface area contributed by atoms with Crippen LogP contribution in [0.2, 0.25) is 5.02 Å². The molecule has 5 rings (SSSR count). The summed E-state index contributed by atoms with van der Waals surface area (Å²) in [5.74, 6) is -0.460. The number of aromatic nitrogens is 3. The molecule has 30 heavy (non-hydrogen) atoms. The predicted octanol–water partition coefficient (Wildman–Crippen LogP) is 5.30. The Labute approximate surface area is 174 Å². The van der Waals surface area contributed by atoms with Crippen molar-refractivity contribution in [1.82, 2.24) is 14.0 Å². The van der Waals surface area contributed by atoms with Gasteiger partial charge in [-0.3, -0.25) is 4.79 Å². The Kier molecular flexibility index (Phi) is 4.37. The molecule has 0 aliphatic rings. The zero-order valence-corrected chi connectivity index (χ0v) is 16.3. The van der Waals surface area contributed by atoms with Crippen LogP contribution in [-0.2, 0) is 6.54 Å². The molecule has 2 aromatic heterocycles. The van der Waals surface area contributed by atoms with Crippen molar-refractivity contribution < 1.29 is 8.78 Å². The highest BCUT2D eigenvalue weighted by Crippen LogP contribution is 2.26. The van der Waals surface area contributed by atoms with Crippen molar-refractivity contribution in [3.05, 3.63) is 105 Å². The maximum Gasteiger partial charge on any atom is 0.260 e. The molecule has 148 valence electrons. The second kappa shape index (κ2) is 7.07. The smallest absolute Gasteiger partial charge is 0.260 e. The zero-order valence-electron chi connectivity index (χ0n) is 15.5. The van der Waals surface area contributed by atoms with Gasteiger partial charge in [-0.05, 0) is 48.5 Å². The minimum atomic E-state index is -0.435. The normalized spacial score (nSPS) is 11.4. The molecule has 0 aliphatic heterocycles. The molecule has 0 N–H and O–H groups in total. The van der Waals surface area contributed by atoms with E-state index < -0.39 is 5.82 Å². The van der Waals surface area contributed by atoms with Crippen molar-refractivity contribution >= 4 is 28.4 Å². The van der Waals surface area contributed by atoms with Crippen molar-refractivity contribution in [1.29, 1.82) is 0 Å². The average molecular weight is 422 g/mol. The molecule has 2 heterocycles. The van der Waals surface area contributed by atoms with Gasteiger partial charge in [0.05, 0.1) is 23.3 Å². The summed E-state index contributed by atoms with van der Waals surface area (Å²) in [6.45, 7) is 0.0990. The number of nitrogens with zero attached hydrogens (tertiary/aromatic N) is 3. The summed E-state index contributed by atoms with van der Waals surface area (Å²) in [4.78, 5) is 17.7. The molecule has 0 atom stereocenters. The fourth-order valence-corrected chi connectivity index (χ4v) is 3.86. The number of fused-ring (bicyclic) bond motifs is 3. The highest BCUT2D eigenvalue weighted by Gasteiger charge is 2.17. The Bertz CT molecular complexity index is 1450. The molecule has 0 aliphatic carbocycles. The van der Waals surface area contributed by atoms with Crippen LogP contribution in [0.4, 0.5) is 8.78 Å². The molecule has 0 bridgehead atoms. The largest absolute Gasteiger partial charge is 0.305 e. The number of halogens is 3. The zero-order chi connectivity index (χ0) is 20.8. The Morgan fingerprint density at radius 3 is 2.37 bits per heavy atom. The first-order valence-electron chi connectivity index (χ1n) is 9.23. The minimum Gasteiger partial charge on any atom is -0.305 e. The number of para-hydroxylation sites is 2. The van der Waals surface area contributed by atoms with Gasteiger partial charge >= 0.3 is 0 Å². The molecule has 3 aromatic carbocycles. The second-order valence-corrected chi connectivity index (χ2v) is 7.30. The lowest BCUT2D eigenvalue weighted by atomic mass is 10.1. The van der Waals surface area contributed by atoms with E-state index in [9.17, 15) is 13.6 Å². The van der Waals surface area contributed by atoms with E-state index in [1.807, 2.05) is 24.3 Å². The summed E-state index contributed by atoms with van der Waals surface area (Å²) < 4.78 is 31.0. The summed E-state index contributed by atoms with van der Waals surface area (Å²) in [7, 11) is 0. The maximum atomic E-state index is 14.5. The molecule has 0 saturated heterocycles. The molecular weight excluding hydrogens is 408 g/mol. The molecule has 4 nitrogen and oxygen atoms in total. The average Bonchev–Trinajstić information content (AvgIpc) is 3.05. The quantitative estimate of drug-likeness (QED) is 0.397. The summed E-state index contributed by atoms with van der Waals surface area (Å²) in [5, 5.41) is 0.294. The van der Waals surface area contributed by atoms with Crippen molar-refractivity contribution in [3.8, 4) is 11.3 Å². The highest BCUT2D eigenvalue weighted by atomic mass is 35.5. The summed E-state index contributed by atoms with van der Waals surface area (Å²) in [6, 6.07) is 19.0. The van der Waals surface area contributed by atoms with E-state index >= 15 is 0 Å². The van der Waals surface area contributed by atoms with E-state index in [1.54, 1.807) is 28.8 Å². The second-order valence-electron chi connectivity index (χ2n) is 6.90. The third-order valence-electron chi connectivity index (χ3n) is 5.07. The van der Waals surface area contributed by atoms with Crippen molar-refractivity contribution in [2.75, 3.05) is 0 Å². The minimum absolute atomic E-state index is 0.0990. The summed E-state index contributed by atoms with van der Waals surface area (Å²) in [6.07, 6.45) is 0. The third kappa shape index (κ3) is 2.97. The molecule has 0 fully saturated rings. The first kappa shape index (κ1) is 18.5. The van der Waals surface area contributed by atoms with Gasteiger partial charge in [0, 0.05) is 22.2 Å². The SMILES string of the molecule is O=c1cc(-c2ccc(F)cc2)nc2n(Cc3c(F)cccc3Cl)c3ccccc3n12. The topological polar surface area (TPSA) is 39.3 Å². The predicted molar refractivity (Wildman–Crippen MR) is 113 cm³/mol. The molecule has 0 saturated carbocycles. The Morgan fingerprint density at radius 2 is 1.63 bits per heavy atom. The molecule has 0 spiro atoms. The van der Waals surface area contributed by atoms with Crippen LogP contribution in [0.15, 0.2) is 77.6 Å². The van der Waals surface area contributed by atoms with E-state index in [4.69, 9.17) is 11.6 Å². The fraction of sp³-hybridized carbons (Fsp3) is 0.0435. The van der Waals surface area contributed by atoms with Crippen molar-refractivity contribution in [2.24, 2.45) is 0 Å². The van der Waals surface area contributed by atoms with Crippen LogP contribution < -0.4 is 5.56 Å². The number of benzene rings is 3. The monoisotopic (exact) mass is 421 g/mol. The van der Waals surface area contributed by atoms with E-state index in [0.717, 1.165) is 5.52 Å². The number of hydrogen-bond donors (Lipinski definition) is 0. The van der Waals surface area contributed by atoms with Gasteiger partial charge in [-0.1, -0.05) is 29.8 Å². The Morgan fingerprint density at radius 1 is 0.900 bits per heavy atom. The van der Waals surface area contributed by atoms with Crippen LogP contribution in [0.1, 0.15) is 5.56 Å². The first-order valence-corrected chi connectivity index (χ1v) is 9.60. The molecule has 5 aromatic rings. The highest BCUT2D eigenvalue weighted by molar-refractivity contribution is 6.31. The van der Waals surface area contributed by atoms with Gasteiger partial charge in [-0.25, -0.2) is 18.2 Å². The number of hydrogen-bond acceptors (Lipinski definition) is 2. The Balaban J connectivity index is 1.81. The fourth-order valence-electron chi connectivity index (χ4n) is 3.63. The Hall–Kier alpha value is -3.51. The van der Waals surface area contributed by atoms with Gasteiger partial charge in [-0.15, -0.1) is 0 Å². The van der Waals surface area contributed by atoms with Crippen LogP contribution >= 0.6 is 11.6 Å². The van der Waals surface area contributed by atoms with Crippen molar-refractivity contribution in [2.45, 2.75) is 6.54 Å². The van der Waals surface area contributed by atoms with E-state index in [-0.39, 0.29) is 17.9 Å². The van der Waals surface area contributed by atoms with Gasteiger partial charge in [0.15, 0.2) is 0 Å². The van der Waals surface area contributed by atoms with E-state index in [1.165, 1.54) is 28.7 Å². The van der Waals surface area contributed by atoms with Crippen LogP contribution in [0.5, 0.6) is 0 Å². The molecule has 0 amide bonds. The van der Waals surface area contributed by atoms with Gasteiger partial charge in [0.2, 0.25) is 5.78 Å². The van der Waals surface area contributed by atoms with Gasteiger partial charge in [0.25, 0.3) is 5.56 Å². The standard InChI is InChI=1S/C23H14ClF2N3O/c24-17-4-3-5-18(26)16(17)13-28-20-6-1-2-7-21(20)29-22(30)12-19(27-23(28)29)14-8-10-15(25)11-9-14/h1-12H,13H2. The van der Waals surface area contributed by atoms with Crippen molar-refractivity contribution in [3.63, 3.8) is 0 Å². The molecule has 0 unspecified atom stereocenters. The van der Waals surface area contributed by atoms with Crippen LogP contribution in [0.25, 0.3) is 28.1 Å². The lowest BCUT2D eigenvalue weighted by Gasteiger charge is -2.10. The number of imidazole rings is 1.